The number of fused-ring (bicyclic) bond motifs is 5. The summed E-state index contributed by atoms with van der Waals surface area (Å²) in [6, 6.07) is 75.3. The quantitative estimate of drug-likeness (QED) is 0.169. The molecule has 5 heteroatoms. The van der Waals surface area contributed by atoms with Crippen molar-refractivity contribution < 1.29 is 0 Å². The van der Waals surface area contributed by atoms with E-state index in [-0.39, 0.29) is 0 Å². The molecule has 0 spiro atoms. The van der Waals surface area contributed by atoms with E-state index in [1.165, 1.54) is 38.7 Å². The fraction of sp³-hybridized carbons (Fsp3) is 0. The van der Waals surface area contributed by atoms with Crippen LogP contribution in [-0.2, 0) is 0 Å². The van der Waals surface area contributed by atoms with E-state index in [9.17, 15) is 0 Å². The van der Waals surface area contributed by atoms with Crippen molar-refractivity contribution in [3.63, 3.8) is 0 Å². The number of para-hydroxylation sites is 1. The van der Waals surface area contributed by atoms with E-state index in [2.05, 4.69) is 161 Å². The summed E-state index contributed by atoms with van der Waals surface area (Å²) in [7, 11) is 0. The number of rotatable bonds is 6. The molecule has 0 amide bonds. The van der Waals surface area contributed by atoms with Gasteiger partial charge in [0.15, 0.2) is 17.5 Å². The molecule has 60 heavy (non-hydrogen) atoms. The summed E-state index contributed by atoms with van der Waals surface area (Å²) in [5.74, 6) is 1.92. The first-order valence-corrected chi connectivity index (χ1v) is 20.3. The normalized spacial score (nSPS) is 12.0. The van der Waals surface area contributed by atoms with Crippen LogP contribution in [0.15, 0.2) is 212 Å². The van der Waals surface area contributed by atoms with Crippen LogP contribution in [0, 0.1) is 0 Å². The SMILES string of the molecule is c1ccc(-c2cccc(N3c4cc5c(cc4-c4cccc6cccc3c46)c3cc(-c4nc(-c6ccccc6)nc(-c6ccccc6)n4)ccc3n5-c3ccccc3)c2)cc1. The predicted molar refractivity (Wildman–Crippen MR) is 247 cm³/mol. The summed E-state index contributed by atoms with van der Waals surface area (Å²) in [6.45, 7) is 0. The molecule has 5 nitrogen and oxygen atoms in total. The molecule has 280 valence electrons. The minimum atomic E-state index is 0.631. The third-order valence-electron chi connectivity index (χ3n) is 11.7. The van der Waals surface area contributed by atoms with Gasteiger partial charge >= 0.3 is 0 Å². The highest BCUT2D eigenvalue weighted by atomic mass is 15.2. The summed E-state index contributed by atoms with van der Waals surface area (Å²) in [5, 5.41) is 4.74. The van der Waals surface area contributed by atoms with Crippen molar-refractivity contribution in [2.75, 3.05) is 4.90 Å². The van der Waals surface area contributed by atoms with E-state index in [1.54, 1.807) is 0 Å². The molecule has 0 saturated heterocycles. The van der Waals surface area contributed by atoms with Gasteiger partial charge in [-0.25, -0.2) is 15.0 Å². The molecule has 11 aromatic rings. The van der Waals surface area contributed by atoms with Crippen LogP contribution in [0.1, 0.15) is 0 Å². The van der Waals surface area contributed by atoms with Gasteiger partial charge in [-0.05, 0) is 82.7 Å². The van der Waals surface area contributed by atoms with Crippen molar-refractivity contribution in [2.24, 2.45) is 0 Å². The van der Waals surface area contributed by atoms with Crippen LogP contribution in [-0.4, -0.2) is 19.5 Å². The van der Waals surface area contributed by atoms with E-state index in [1.807, 2.05) is 60.7 Å². The van der Waals surface area contributed by atoms with Gasteiger partial charge in [0.25, 0.3) is 0 Å². The second kappa shape index (κ2) is 13.8. The van der Waals surface area contributed by atoms with Gasteiger partial charge in [0.1, 0.15) is 0 Å². The minimum Gasteiger partial charge on any atom is -0.309 e. The molecule has 9 aromatic carbocycles. The van der Waals surface area contributed by atoms with Crippen molar-refractivity contribution in [3.05, 3.63) is 212 Å². The Kier molecular flexibility index (Phi) is 7.78. The number of anilines is 3. The Hall–Kier alpha value is -8.15. The minimum absolute atomic E-state index is 0.631. The van der Waals surface area contributed by atoms with Gasteiger partial charge < -0.3 is 9.47 Å². The van der Waals surface area contributed by atoms with Crippen molar-refractivity contribution in [1.82, 2.24) is 19.5 Å². The second-order valence-corrected chi connectivity index (χ2v) is 15.3. The zero-order valence-corrected chi connectivity index (χ0v) is 32.4. The summed E-state index contributed by atoms with van der Waals surface area (Å²) in [5.41, 5.74) is 14.3. The highest BCUT2D eigenvalue weighted by molar-refractivity contribution is 6.19. The second-order valence-electron chi connectivity index (χ2n) is 15.3. The largest absolute Gasteiger partial charge is 0.309 e. The zero-order valence-electron chi connectivity index (χ0n) is 32.4. The first kappa shape index (κ1) is 33.9. The topological polar surface area (TPSA) is 46.8 Å². The zero-order chi connectivity index (χ0) is 39.6. The van der Waals surface area contributed by atoms with E-state index < -0.39 is 0 Å². The lowest BCUT2D eigenvalue weighted by molar-refractivity contribution is 1.07. The first-order valence-electron chi connectivity index (χ1n) is 20.3. The lowest BCUT2D eigenvalue weighted by atomic mass is 9.89. The van der Waals surface area contributed by atoms with Crippen LogP contribution < -0.4 is 4.90 Å². The fourth-order valence-corrected chi connectivity index (χ4v) is 8.98. The Balaban J connectivity index is 1.13. The maximum Gasteiger partial charge on any atom is 0.164 e. The third kappa shape index (κ3) is 5.52. The van der Waals surface area contributed by atoms with Crippen LogP contribution in [0.25, 0.3) is 94.7 Å². The summed E-state index contributed by atoms with van der Waals surface area (Å²) < 4.78 is 2.40. The van der Waals surface area contributed by atoms with E-state index in [0.717, 1.165) is 55.6 Å². The average molecular weight is 766 g/mol. The van der Waals surface area contributed by atoms with Gasteiger partial charge in [-0.2, -0.15) is 0 Å². The van der Waals surface area contributed by atoms with E-state index in [0.29, 0.717) is 17.5 Å². The monoisotopic (exact) mass is 765 g/mol. The average Bonchev–Trinajstić information content (AvgIpc) is 3.64. The summed E-state index contributed by atoms with van der Waals surface area (Å²) >= 11 is 0. The number of benzene rings is 9. The van der Waals surface area contributed by atoms with E-state index in [4.69, 9.17) is 15.0 Å². The molecule has 1 aliphatic heterocycles. The molecule has 1 aliphatic rings. The highest BCUT2D eigenvalue weighted by Crippen LogP contribution is 2.53. The van der Waals surface area contributed by atoms with Gasteiger partial charge in [0.05, 0.1) is 22.4 Å². The van der Waals surface area contributed by atoms with Gasteiger partial charge in [-0.1, -0.05) is 152 Å². The molecule has 0 N–H and O–H groups in total. The molecule has 0 saturated carbocycles. The van der Waals surface area contributed by atoms with Crippen LogP contribution in [0.2, 0.25) is 0 Å². The van der Waals surface area contributed by atoms with Gasteiger partial charge in [-0.15, -0.1) is 0 Å². The summed E-state index contributed by atoms with van der Waals surface area (Å²) in [6.07, 6.45) is 0. The molecule has 3 heterocycles. The standard InChI is InChI=1S/C55H35N5/c1-5-16-36(17-6-1)40-24-13-27-43(32-40)60-49-29-15-23-37-22-14-28-44(52(37)49)46-34-47-45-33-41(30-31-48(45)59(51(47)35-50(46)60)42-25-11-4-12-26-42)55-57-53(38-18-7-2-8-19-38)56-54(58-55)39-20-9-3-10-21-39/h1-35H. The van der Waals surface area contributed by atoms with Gasteiger partial charge in [-0.3, -0.25) is 0 Å². The van der Waals surface area contributed by atoms with Crippen LogP contribution in [0.5, 0.6) is 0 Å². The highest BCUT2D eigenvalue weighted by Gasteiger charge is 2.28. The van der Waals surface area contributed by atoms with Crippen molar-refractivity contribution in [1.29, 1.82) is 0 Å². The molecule has 0 radical (unpaired) electrons. The number of nitrogens with zero attached hydrogens (tertiary/aromatic N) is 5. The third-order valence-corrected chi connectivity index (χ3v) is 11.7. The smallest absolute Gasteiger partial charge is 0.164 e. The number of hydrogen-bond acceptors (Lipinski definition) is 4. The Morgan fingerprint density at radius 1 is 0.317 bits per heavy atom. The first-order chi connectivity index (χ1) is 29.7. The maximum absolute atomic E-state index is 5.11. The molecule has 0 unspecified atom stereocenters. The molecular weight excluding hydrogens is 731 g/mol. The van der Waals surface area contributed by atoms with Crippen LogP contribution >= 0.6 is 0 Å². The Morgan fingerprint density at radius 2 is 0.867 bits per heavy atom. The Morgan fingerprint density at radius 3 is 1.55 bits per heavy atom. The fourth-order valence-electron chi connectivity index (χ4n) is 8.98. The predicted octanol–water partition coefficient (Wildman–Crippen LogP) is 14.2. The molecule has 0 fully saturated rings. The molecular formula is C55H35N5. The lowest BCUT2D eigenvalue weighted by Crippen LogP contribution is -2.15. The molecule has 0 bridgehead atoms. The molecule has 2 aromatic heterocycles. The Labute approximate surface area is 347 Å². The Bertz CT molecular complexity index is 3350. The lowest BCUT2D eigenvalue weighted by Gasteiger charge is -2.34. The van der Waals surface area contributed by atoms with Crippen molar-refractivity contribution in [2.45, 2.75) is 0 Å². The van der Waals surface area contributed by atoms with Gasteiger partial charge in [0, 0.05) is 49.8 Å². The molecule has 0 aliphatic carbocycles. The summed E-state index contributed by atoms with van der Waals surface area (Å²) in [4.78, 5) is 17.6. The number of hydrogen-bond donors (Lipinski definition) is 0. The van der Waals surface area contributed by atoms with Gasteiger partial charge in [0.2, 0.25) is 0 Å². The van der Waals surface area contributed by atoms with Crippen LogP contribution in [0.3, 0.4) is 0 Å². The van der Waals surface area contributed by atoms with Crippen LogP contribution in [0.4, 0.5) is 17.1 Å². The van der Waals surface area contributed by atoms with Crippen molar-refractivity contribution >= 4 is 49.6 Å². The number of aromatic nitrogens is 4. The molecule has 12 rings (SSSR count). The van der Waals surface area contributed by atoms with Crippen molar-refractivity contribution in [3.8, 4) is 62.1 Å². The molecule has 0 atom stereocenters. The maximum atomic E-state index is 5.11. The van der Waals surface area contributed by atoms with E-state index >= 15 is 0 Å².